The summed E-state index contributed by atoms with van der Waals surface area (Å²) in [5, 5.41) is 3.33. The Morgan fingerprint density at radius 1 is 1.07 bits per heavy atom. The van der Waals surface area contributed by atoms with Crippen molar-refractivity contribution < 1.29 is 4.79 Å². The third kappa shape index (κ3) is 4.21. The Morgan fingerprint density at radius 2 is 1.72 bits per heavy atom. The molecule has 29 heavy (non-hydrogen) atoms. The third-order valence-electron chi connectivity index (χ3n) is 6.55. The number of carbonyl (C=O) groups is 1. The summed E-state index contributed by atoms with van der Waals surface area (Å²) in [6, 6.07) is 14.5. The van der Waals surface area contributed by atoms with Gasteiger partial charge >= 0.3 is 0 Å². The van der Waals surface area contributed by atoms with Crippen LogP contribution in [0.5, 0.6) is 0 Å². The minimum absolute atomic E-state index is 0.0509. The van der Waals surface area contributed by atoms with Crippen molar-refractivity contribution in [1.29, 1.82) is 0 Å². The molecule has 2 heterocycles. The Kier molecular flexibility index (Phi) is 5.97. The lowest BCUT2D eigenvalue weighted by molar-refractivity contribution is -0.135. The fourth-order valence-electron chi connectivity index (χ4n) is 4.86. The Labute approximate surface area is 174 Å². The summed E-state index contributed by atoms with van der Waals surface area (Å²) in [5.41, 5.74) is 3.18. The van der Waals surface area contributed by atoms with Crippen molar-refractivity contribution in [2.24, 2.45) is 0 Å². The topological polar surface area (TPSA) is 48.5 Å². The van der Waals surface area contributed by atoms with Crippen molar-refractivity contribution in [3.63, 3.8) is 0 Å². The second kappa shape index (κ2) is 8.64. The molecule has 0 radical (unpaired) electrons. The van der Waals surface area contributed by atoms with Crippen molar-refractivity contribution in [3.05, 3.63) is 65.5 Å². The van der Waals surface area contributed by atoms with E-state index in [1.54, 1.807) is 0 Å². The molecule has 1 fully saturated rings. The van der Waals surface area contributed by atoms with E-state index in [4.69, 9.17) is 0 Å². The number of aromatic nitrogens is 1. The number of nitrogens with zero attached hydrogens (tertiary/aromatic N) is 3. The number of pyridine rings is 1. The van der Waals surface area contributed by atoms with Gasteiger partial charge in [0.1, 0.15) is 5.54 Å². The SMILES string of the molecule is CCN1CCN(C2(C(=O)N[C@H](C)Cc3ccccn3)Cc3ccccc3C2)CC1. The van der Waals surface area contributed by atoms with Gasteiger partial charge < -0.3 is 10.2 Å². The Bertz CT molecular complexity index is 805. The van der Waals surface area contributed by atoms with Gasteiger partial charge in [0.25, 0.3) is 0 Å². The fraction of sp³-hybridized carbons (Fsp3) is 0.500. The van der Waals surface area contributed by atoms with Crippen LogP contribution >= 0.6 is 0 Å². The minimum Gasteiger partial charge on any atom is -0.352 e. The molecule has 5 heteroatoms. The van der Waals surface area contributed by atoms with Crippen molar-refractivity contribution in [2.45, 2.75) is 44.7 Å². The third-order valence-corrected chi connectivity index (χ3v) is 6.55. The number of fused-ring (bicyclic) bond motifs is 1. The predicted octanol–water partition coefficient (Wildman–Crippen LogP) is 2.30. The summed E-state index contributed by atoms with van der Waals surface area (Å²) in [7, 11) is 0. The van der Waals surface area contributed by atoms with E-state index in [1.807, 2.05) is 24.4 Å². The van der Waals surface area contributed by atoms with Gasteiger partial charge in [-0.1, -0.05) is 37.3 Å². The van der Waals surface area contributed by atoms with Crippen LogP contribution in [0.25, 0.3) is 0 Å². The van der Waals surface area contributed by atoms with Crippen LogP contribution in [0.3, 0.4) is 0 Å². The van der Waals surface area contributed by atoms with E-state index in [-0.39, 0.29) is 11.9 Å². The van der Waals surface area contributed by atoms with Gasteiger partial charge in [0, 0.05) is 63.4 Å². The first-order valence-electron chi connectivity index (χ1n) is 10.9. The Balaban J connectivity index is 1.52. The molecular weight excluding hydrogens is 360 g/mol. The lowest BCUT2D eigenvalue weighted by Gasteiger charge is -2.45. The van der Waals surface area contributed by atoms with Crippen molar-refractivity contribution >= 4 is 5.91 Å². The zero-order valence-electron chi connectivity index (χ0n) is 17.6. The number of hydrogen-bond donors (Lipinski definition) is 1. The second-order valence-electron chi connectivity index (χ2n) is 8.47. The standard InChI is InChI=1S/C24H32N4O/c1-3-27-12-14-28(15-13-27)24(17-20-8-4-5-9-21(20)18-24)23(29)26-19(2)16-22-10-6-7-11-25-22/h4-11,19H,3,12-18H2,1-2H3,(H,26,29)/t19-/m1/s1. The number of nitrogens with one attached hydrogen (secondary N) is 1. The van der Waals surface area contributed by atoms with Gasteiger partial charge in [-0.05, 0) is 36.7 Å². The molecule has 2 aliphatic rings. The van der Waals surface area contributed by atoms with Gasteiger partial charge in [0.05, 0.1) is 0 Å². The van der Waals surface area contributed by atoms with Crippen molar-refractivity contribution in [2.75, 3.05) is 32.7 Å². The Morgan fingerprint density at radius 3 is 2.31 bits per heavy atom. The normalized spacial score (nSPS) is 20.2. The summed E-state index contributed by atoms with van der Waals surface area (Å²) in [6.45, 7) is 9.33. The molecule has 0 spiro atoms. The van der Waals surface area contributed by atoms with E-state index in [9.17, 15) is 4.79 Å². The highest BCUT2D eigenvalue weighted by molar-refractivity contribution is 5.88. The van der Waals surface area contributed by atoms with Crippen LogP contribution in [0.4, 0.5) is 0 Å². The largest absolute Gasteiger partial charge is 0.352 e. The highest BCUT2D eigenvalue weighted by Gasteiger charge is 2.49. The molecule has 0 bridgehead atoms. The summed E-state index contributed by atoms with van der Waals surface area (Å²) in [4.78, 5) is 23.0. The predicted molar refractivity (Wildman–Crippen MR) is 116 cm³/mol. The van der Waals surface area contributed by atoms with E-state index in [0.29, 0.717) is 0 Å². The zero-order valence-corrected chi connectivity index (χ0v) is 17.6. The summed E-state index contributed by atoms with van der Waals surface area (Å²) >= 11 is 0. The molecule has 1 aliphatic carbocycles. The number of amides is 1. The Hall–Kier alpha value is -2.24. The first kappa shape index (κ1) is 20.0. The summed E-state index contributed by atoms with van der Waals surface area (Å²) in [6.07, 6.45) is 4.17. The van der Waals surface area contributed by atoms with Crippen molar-refractivity contribution in [1.82, 2.24) is 20.1 Å². The maximum Gasteiger partial charge on any atom is 0.241 e. The average Bonchev–Trinajstić information content (AvgIpc) is 3.15. The van der Waals surface area contributed by atoms with Gasteiger partial charge in [0.2, 0.25) is 5.91 Å². The van der Waals surface area contributed by atoms with Crippen LogP contribution < -0.4 is 5.32 Å². The molecule has 1 amide bonds. The molecule has 5 nitrogen and oxygen atoms in total. The number of carbonyl (C=O) groups excluding carboxylic acids is 1. The number of benzene rings is 1. The lowest BCUT2D eigenvalue weighted by atomic mass is 9.90. The average molecular weight is 393 g/mol. The number of rotatable bonds is 6. The number of likely N-dealkylation sites (N-methyl/N-ethyl adjacent to an activating group) is 1. The van der Waals surface area contributed by atoms with E-state index < -0.39 is 5.54 Å². The molecule has 4 rings (SSSR count). The van der Waals surface area contributed by atoms with E-state index in [2.05, 4.69) is 58.2 Å². The smallest absolute Gasteiger partial charge is 0.241 e. The number of hydrogen-bond acceptors (Lipinski definition) is 4. The molecule has 0 saturated carbocycles. The van der Waals surface area contributed by atoms with Gasteiger partial charge in [-0.25, -0.2) is 0 Å². The molecule has 1 aromatic heterocycles. The highest BCUT2D eigenvalue weighted by Crippen LogP contribution is 2.36. The van der Waals surface area contributed by atoms with Crippen molar-refractivity contribution in [3.8, 4) is 0 Å². The molecular formula is C24H32N4O. The minimum atomic E-state index is -0.470. The van der Waals surface area contributed by atoms with Gasteiger partial charge in [-0.2, -0.15) is 0 Å². The molecule has 2 aromatic rings. The summed E-state index contributed by atoms with van der Waals surface area (Å²) < 4.78 is 0. The highest BCUT2D eigenvalue weighted by atomic mass is 16.2. The molecule has 0 unspecified atom stereocenters. The summed E-state index contributed by atoms with van der Waals surface area (Å²) in [5.74, 6) is 0.169. The maximum atomic E-state index is 13.7. The van der Waals surface area contributed by atoms with Gasteiger partial charge in [0.15, 0.2) is 0 Å². The van der Waals surface area contributed by atoms with Crippen LogP contribution in [0.1, 0.15) is 30.7 Å². The van der Waals surface area contributed by atoms with Crippen LogP contribution in [0.2, 0.25) is 0 Å². The van der Waals surface area contributed by atoms with Gasteiger partial charge in [-0.3, -0.25) is 14.7 Å². The van der Waals surface area contributed by atoms with Crippen LogP contribution in [0, 0.1) is 0 Å². The zero-order chi connectivity index (χ0) is 20.3. The van der Waals surface area contributed by atoms with Crippen LogP contribution in [-0.2, 0) is 24.1 Å². The van der Waals surface area contributed by atoms with E-state index in [0.717, 1.165) is 57.7 Å². The number of piperazine rings is 1. The fourth-order valence-corrected chi connectivity index (χ4v) is 4.86. The van der Waals surface area contributed by atoms with Crippen LogP contribution in [0.15, 0.2) is 48.7 Å². The van der Waals surface area contributed by atoms with Gasteiger partial charge in [-0.15, -0.1) is 0 Å². The van der Waals surface area contributed by atoms with E-state index >= 15 is 0 Å². The molecule has 1 aliphatic heterocycles. The molecule has 1 aromatic carbocycles. The maximum absolute atomic E-state index is 13.7. The molecule has 1 atom stereocenters. The second-order valence-corrected chi connectivity index (χ2v) is 8.47. The first-order chi connectivity index (χ1) is 14.1. The molecule has 154 valence electrons. The van der Waals surface area contributed by atoms with Crippen LogP contribution in [-0.4, -0.2) is 65.0 Å². The lowest BCUT2D eigenvalue weighted by Crippen LogP contribution is -2.65. The molecule has 1 saturated heterocycles. The monoisotopic (exact) mass is 392 g/mol. The first-order valence-corrected chi connectivity index (χ1v) is 10.9. The quantitative estimate of drug-likeness (QED) is 0.820. The molecule has 1 N–H and O–H groups in total. The van der Waals surface area contributed by atoms with E-state index in [1.165, 1.54) is 11.1 Å².